The minimum absolute atomic E-state index is 0.0332. The Balaban J connectivity index is 1.76. The van der Waals surface area contributed by atoms with E-state index < -0.39 is 0 Å². The van der Waals surface area contributed by atoms with Crippen molar-refractivity contribution < 1.29 is 4.79 Å². The molecular weight excluding hydrogens is 412 g/mol. The third-order valence-electron chi connectivity index (χ3n) is 6.30. The van der Waals surface area contributed by atoms with Crippen molar-refractivity contribution in [1.82, 2.24) is 4.98 Å². The first kappa shape index (κ1) is 17.9. The Hall–Kier alpha value is -2.20. The Morgan fingerprint density at radius 2 is 1.89 bits per heavy atom. The van der Waals surface area contributed by atoms with Gasteiger partial charge < -0.3 is 5.32 Å². The number of fused-ring (bicyclic) bond motifs is 4. The van der Waals surface area contributed by atoms with Crippen LogP contribution in [0.25, 0.3) is 10.9 Å². The van der Waals surface area contributed by atoms with Crippen LogP contribution in [0.2, 0.25) is 0 Å². The minimum atomic E-state index is -0.0486. The van der Waals surface area contributed by atoms with E-state index >= 15 is 0 Å². The predicted molar refractivity (Wildman–Crippen MR) is 117 cm³/mol. The molecule has 4 heteroatoms. The Bertz CT molecular complexity index is 1070. The maximum Gasteiger partial charge on any atom is 0.139 e. The van der Waals surface area contributed by atoms with Gasteiger partial charge in [0.2, 0.25) is 0 Å². The summed E-state index contributed by atoms with van der Waals surface area (Å²) in [5, 5.41) is 4.87. The summed E-state index contributed by atoms with van der Waals surface area (Å²) in [4.78, 5) is 17.9. The number of nitrogens with one attached hydrogen (secondary N) is 1. The van der Waals surface area contributed by atoms with Crippen LogP contribution < -0.4 is 5.32 Å². The van der Waals surface area contributed by atoms with Crippen molar-refractivity contribution in [2.45, 2.75) is 38.6 Å². The van der Waals surface area contributed by atoms with Crippen molar-refractivity contribution in [2.24, 2.45) is 11.3 Å². The number of Topliss-reactive ketones (excluding diaryl/α,β-unsaturated/α-hetero) is 1. The van der Waals surface area contributed by atoms with E-state index in [0.717, 1.165) is 27.5 Å². The van der Waals surface area contributed by atoms with E-state index in [1.165, 1.54) is 11.1 Å². The van der Waals surface area contributed by atoms with Crippen LogP contribution in [0.4, 0.5) is 5.69 Å². The molecule has 0 amide bonds. The first-order valence-corrected chi connectivity index (χ1v) is 10.6. The average molecular weight is 435 g/mol. The number of nitrogens with zero attached hydrogens (tertiary/aromatic N) is 1. The summed E-state index contributed by atoms with van der Waals surface area (Å²) in [7, 11) is 0. The maximum atomic E-state index is 13.4. The van der Waals surface area contributed by atoms with Gasteiger partial charge in [-0.05, 0) is 53.3 Å². The van der Waals surface area contributed by atoms with Crippen molar-refractivity contribution in [3.05, 3.63) is 70.3 Å². The number of carbonyl (C=O) groups is 1. The lowest BCUT2D eigenvalue weighted by Crippen LogP contribution is -2.50. The van der Waals surface area contributed by atoms with Gasteiger partial charge in [-0.2, -0.15) is 0 Å². The number of rotatable bonds is 1. The van der Waals surface area contributed by atoms with Crippen LogP contribution in [-0.4, -0.2) is 16.8 Å². The molecule has 3 atom stereocenters. The molecule has 1 saturated carbocycles. The van der Waals surface area contributed by atoms with Gasteiger partial charge in [-0.15, -0.1) is 0 Å². The summed E-state index contributed by atoms with van der Waals surface area (Å²) in [6.45, 7) is 4.41. The van der Waals surface area contributed by atoms with Crippen LogP contribution in [0.5, 0.6) is 0 Å². The Morgan fingerprint density at radius 3 is 2.68 bits per heavy atom. The molecule has 0 bridgehead atoms. The SMILES string of the molecule is CC1(C)CC(=O)[C@H]2[C@H](c3ccc(Br)cc3)c3c(ccc4ncccc34)N[C@H]2C1. The highest BCUT2D eigenvalue weighted by Crippen LogP contribution is 2.51. The number of hydrogen-bond acceptors (Lipinski definition) is 3. The molecule has 0 unspecified atom stereocenters. The lowest BCUT2D eigenvalue weighted by molar-refractivity contribution is -0.128. The molecule has 2 aliphatic rings. The molecule has 1 N–H and O–H groups in total. The van der Waals surface area contributed by atoms with Crippen LogP contribution in [0.3, 0.4) is 0 Å². The fraction of sp³-hybridized carbons (Fsp3) is 0.333. The van der Waals surface area contributed by atoms with Crippen molar-refractivity contribution >= 4 is 38.3 Å². The molecule has 1 fully saturated rings. The molecule has 142 valence electrons. The van der Waals surface area contributed by atoms with Crippen molar-refractivity contribution in [1.29, 1.82) is 0 Å². The molecule has 0 saturated heterocycles. The third-order valence-corrected chi connectivity index (χ3v) is 6.83. The largest absolute Gasteiger partial charge is 0.381 e. The highest BCUT2D eigenvalue weighted by Gasteiger charge is 2.48. The van der Waals surface area contributed by atoms with Gasteiger partial charge in [0.25, 0.3) is 0 Å². The lowest BCUT2D eigenvalue weighted by Gasteiger charge is -2.47. The molecule has 1 aliphatic carbocycles. The zero-order valence-electron chi connectivity index (χ0n) is 16.1. The van der Waals surface area contributed by atoms with Gasteiger partial charge in [-0.25, -0.2) is 0 Å². The van der Waals surface area contributed by atoms with E-state index in [1.807, 2.05) is 12.3 Å². The van der Waals surface area contributed by atoms with Gasteiger partial charge in [0.1, 0.15) is 5.78 Å². The number of benzene rings is 2. The second-order valence-electron chi connectivity index (χ2n) is 8.91. The molecule has 2 heterocycles. The summed E-state index contributed by atoms with van der Waals surface area (Å²) >= 11 is 3.55. The minimum Gasteiger partial charge on any atom is -0.381 e. The number of carbonyl (C=O) groups excluding carboxylic acids is 1. The second kappa shape index (κ2) is 6.41. The summed E-state index contributed by atoms with van der Waals surface area (Å²) < 4.78 is 1.05. The number of halogens is 1. The fourth-order valence-electron chi connectivity index (χ4n) is 5.23. The standard InChI is InChI=1S/C24H23BrN2O/c1-24(2)12-19-23(20(28)13-24)21(14-5-7-15(25)8-6-14)22-16-4-3-11-26-17(16)9-10-18(22)27-19/h3-11,19,21,23,27H,12-13H2,1-2H3/t19-,21+,23-/m0/s1. The number of aromatic nitrogens is 1. The highest BCUT2D eigenvalue weighted by molar-refractivity contribution is 9.10. The van der Waals surface area contributed by atoms with Crippen LogP contribution in [0.1, 0.15) is 43.7 Å². The van der Waals surface area contributed by atoms with Gasteiger partial charge in [0, 0.05) is 46.0 Å². The quantitative estimate of drug-likeness (QED) is 0.515. The molecule has 3 nitrogen and oxygen atoms in total. The third kappa shape index (κ3) is 2.86. The van der Waals surface area contributed by atoms with Gasteiger partial charge in [0.05, 0.1) is 5.52 Å². The smallest absolute Gasteiger partial charge is 0.139 e. The fourth-order valence-corrected chi connectivity index (χ4v) is 5.49. The second-order valence-corrected chi connectivity index (χ2v) is 9.83. The average Bonchev–Trinajstić information content (AvgIpc) is 2.66. The number of ketones is 1. The topological polar surface area (TPSA) is 42.0 Å². The van der Waals surface area contributed by atoms with Gasteiger partial charge in [-0.1, -0.05) is 48.0 Å². The molecule has 5 rings (SSSR count). The molecule has 3 aromatic rings. The zero-order valence-corrected chi connectivity index (χ0v) is 17.7. The van der Waals surface area contributed by atoms with E-state index in [1.54, 1.807) is 0 Å². The van der Waals surface area contributed by atoms with E-state index in [-0.39, 0.29) is 23.3 Å². The predicted octanol–water partition coefficient (Wildman–Crippen LogP) is 5.93. The van der Waals surface area contributed by atoms with Crippen molar-refractivity contribution in [3.63, 3.8) is 0 Å². The molecule has 0 spiro atoms. The van der Waals surface area contributed by atoms with Gasteiger partial charge in [-0.3, -0.25) is 9.78 Å². The Morgan fingerprint density at radius 1 is 1.11 bits per heavy atom. The van der Waals surface area contributed by atoms with Crippen LogP contribution >= 0.6 is 15.9 Å². The molecule has 2 aromatic carbocycles. The first-order chi connectivity index (χ1) is 13.4. The van der Waals surface area contributed by atoms with E-state index in [0.29, 0.717) is 12.2 Å². The van der Waals surface area contributed by atoms with Gasteiger partial charge >= 0.3 is 0 Å². The van der Waals surface area contributed by atoms with Crippen molar-refractivity contribution in [3.8, 4) is 0 Å². The van der Waals surface area contributed by atoms with Crippen LogP contribution in [0.15, 0.2) is 59.2 Å². The van der Waals surface area contributed by atoms with Gasteiger partial charge in [0.15, 0.2) is 0 Å². The Labute approximate surface area is 173 Å². The molecule has 28 heavy (non-hydrogen) atoms. The maximum absolute atomic E-state index is 13.4. The van der Waals surface area contributed by atoms with Crippen LogP contribution in [0, 0.1) is 11.3 Å². The highest BCUT2D eigenvalue weighted by atomic mass is 79.9. The molecule has 0 radical (unpaired) electrons. The Kier molecular flexibility index (Phi) is 4.09. The van der Waals surface area contributed by atoms with Crippen molar-refractivity contribution in [2.75, 3.05) is 5.32 Å². The zero-order chi connectivity index (χ0) is 19.5. The number of pyridine rings is 1. The molecular formula is C24H23BrN2O. The number of anilines is 1. The summed E-state index contributed by atoms with van der Waals surface area (Å²) in [6, 6.07) is 17.0. The normalized spacial score (nSPS) is 25.7. The summed E-state index contributed by atoms with van der Waals surface area (Å²) in [5.74, 6) is 0.367. The summed E-state index contributed by atoms with van der Waals surface area (Å²) in [5.41, 5.74) is 4.56. The summed E-state index contributed by atoms with van der Waals surface area (Å²) in [6.07, 6.45) is 3.47. The lowest BCUT2D eigenvalue weighted by atomic mass is 9.61. The van der Waals surface area contributed by atoms with Crippen LogP contribution in [-0.2, 0) is 4.79 Å². The van der Waals surface area contributed by atoms with E-state index in [4.69, 9.17) is 0 Å². The first-order valence-electron chi connectivity index (χ1n) is 9.85. The molecule has 1 aromatic heterocycles. The number of hydrogen-bond donors (Lipinski definition) is 1. The monoisotopic (exact) mass is 434 g/mol. The van der Waals surface area contributed by atoms with E-state index in [2.05, 4.69) is 82.5 Å². The molecule has 1 aliphatic heterocycles. The van der Waals surface area contributed by atoms with E-state index in [9.17, 15) is 4.79 Å².